The molecule has 6 nitrogen and oxygen atoms in total. The molecule has 0 spiro atoms. The molecule has 0 unspecified atom stereocenters. The fraction of sp³-hybridized carbons (Fsp3) is 0.235. The largest absolute Gasteiger partial charge is 0.496 e. The summed E-state index contributed by atoms with van der Waals surface area (Å²) in [5.74, 6) is 2.08. The van der Waals surface area contributed by atoms with E-state index in [1.165, 1.54) is 6.08 Å². The van der Waals surface area contributed by atoms with Crippen LogP contribution in [0.15, 0.2) is 39.4 Å². The van der Waals surface area contributed by atoms with Crippen molar-refractivity contribution >= 4 is 27.9 Å². The SMILES string of the molecule is COc1cc(OC)c(CNC(=O)/C=C/c2ccc(Br)o2)c(OC)c1. The van der Waals surface area contributed by atoms with Gasteiger partial charge in [-0.2, -0.15) is 0 Å². The Morgan fingerprint density at radius 2 is 1.83 bits per heavy atom. The van der Waals surface area contributed by atoms with Gasteiger partial charge in [-0.1, -0.05) is 0 Å². The summed E-state index contributed by atoms with van der Waals surface area (Å²) >= 11 is 3.20. The molecule has 0 saturated carbocycles. The minimum Gasteiger partial charge on any atom is -0.496 e. The van der Waals surface area contributed by atoms with Crippen LogP contribution in [0.3, 0.4) is 0 Å². The lowest BCUT2D eigenvalue weighted by Gasteiger charge is -2.15. The van der Waals surface area contributed by atoms with Crippen molar-refractivity contribution in [2.75, 3.05) is 21.3 Å². The van der Waals surface area contributed by atoms with Gasteiger partial charge in [0.1, 0.15) is 23.0 Å². The fourth-order valence-electron chi connectivity index (χ4n) is 2.06. The molecule has 1 N–H and O–H groups in total. The maximum absolute atomic E-state index is 12.0. The van der Waals surface area contributed by atoms with Crippen molar-refractivity contribution in [1.29, 1.82) is 0 Å². The summed E-state index contributed by atoms with van der Waals surface area (Å²) in [6.45, 7) is 0.251. The number of ether oxygens (including phenoxy) is 3. The Hall–Kier alpha value is -2.41. The van der Waals surface area contributed by atoms with E-state index in [1.807, 2.05) is 0 Å². The maximum atomic E-state index is 12.0. The van der Waals surface area contributed by atoms with Gasteiger partial charge in [0, 0.05) is 18.2 Å². The zero-order valence-electron chi connectivity index (χ0n) is 13.6. The fourth-order valence-corrected chi connectivity index (χ4v) is 2.38. The van der Waals surface area contributed by atoms with Crippen LogP contribution in [0.2, 0.25) is 0 Å². The molecule has 0 aliphatic heterocycles. The highest BCUT2D eigenvalue weighted by molar-refractivity contribution is 9.10. The molecule has 1 amide bonds. The van der Waals surface area contributed by atoms with Gasteiger partial charge in [0.05, 0.1) is 33.4 Å². The van der Waals surface area contributed by atoms with E-state index in [4.69, 9.17) is 18.6 Å². The second-order valence-corrected chi connectivity index (χ2v) is 5.49. The normalized spacial score (nSPS) is 10.7. The lowest BCUT2D eigenvalue weighted by molar-refractivity contribution is -0.116. The monoisotopic (exact) mass is 395 g/mol. The van der Waals surface area contributed by atoms with E-state index >= 15 is 0 Å². The van der Waals surface area contributed by atoms with Gasteiger partial charge in [0.25, 0.3) is 0 Å². The second-order valence-electron chi connectivity index (χ2n) is 4.70. The van der Waals surface area contributed by atoms with Crippen molar-refractivity contribution in [1.82, 2.24) is 5.32 Å². The molecular formula is C17H18BrNO5. The Morgan fingerprint density at radius 3 is 2.33 bits per heavy atom. The number of halogens is 1. The van der Waals surface area contributed by atoms with Crippen LogP contribution >= 0.6 is 15.9 Å². The van der Waals surface area contributed by atoms with Crippen molar-refractivity contribution in [3.05, 3.63) is 46.3 Å². The molecule has 2 aromatic rings. The molecule has 0 fully saturated rings. The molecule has 2 rings (SSSR count). The average molecular weight is 396 g/mol. The van der Waals surface area contributed by atoms with E-state index in [-0.39, 0.29) is 12.5 Å². The summed E-state index contributed by atoms with van der Waals surface area (Å²) in [4.78, 5) is 12.0. The predicted octanol–water partition coefficient (Wildman–Crippen LogP) is 3.40. The lowest BCUT2D eigenvalue weighted by atomic mass is 10.1. The molecule has 0 bridgehead atoms. The van der Waals surface area contributed by atoms with Crippen molar-refractivity contribution in [3.63, 3.8) is 0 Å². The third-order valence-corrected chi connectivity index (χ3v) is 3.68. The van der Waals surface area contributed by atoms with E-state index in [2.05, 4.69) is 21.2 Å². The first kappa shape index (κ1) is 17.9. The van der Waals surface area contributed by atoms with Crippen LogP contribution in [0.4, 0.5) is 0 Å². The molecule has 0 radical (unpaired) electrons. The molecule has 7 heteroatoms. The van der Waals surface area contributed by atoms with Crippen molar-refractivity contribution in [2.45, 2.75) is 6.54 Å². The molecule has 0 aliphatic carbocycles. The van der Waals surface area contributed by atoms with E-state index in [9.17, 15) is 4.79 Å². The van der Waals surface area contributed by atoms with Gasteiger partial charge >= 0.3 is 0 Å². The van der Waals surface area contributed by atoms with Gasteiger partial charge in [-0.25, -0.2) is 0 Å². The van der Waals surface area contributed by atoms with Crippen LogP contribution in [-0.2, 0) is 11.3 Å². The van der Waals surface area contributed by atoms with Gasteiger partial charge in [-0.05, 0) is 34.1 Å². The highest BCUT2D eigenvalue weighted by Crippen LogP contribution is 2.33. The van der Waals surface area contributed by atoms with Crippen molar-refractivity contribution in [3.8, 4) is 17.2 Å². The van der Waals surface area contributed by atoms with E-state index in [0.717, 1.165) is 5.56 Å². The maximum Gasteiger partial charge on any atom is 0.244 e. The quantitative estimate of drug-likeness (QED) is 0.727. The van der Waals surface area contributed by atoms with Crippen LogP contribution in [0, 0.1) is 0 Å². The molecule has 0 atom stereocenters. The Morgan fingerprint density at radius 1 is 1.17 bits per heavy atom. The third kappa shape index (κ3) is 4.55. The minimum atomic E-state index is -0.262. The predicted molar refractivity (Wildman–Crippen MR) is 93.4 cm³/mol. The molecule has 128 valence electrons. The number of carbonyl (C=O) groups excluding carboxylic acids is 1. The molecule has 1 heterocycles. The second kappa shape index (κ2) is 8.44. The summed E-state index contributed by atoms with van der Waals surface area (Å²) < 4.78 is 21.8. The number of hydrogen-bond donors (Lipinski definition) is 1. The van der Waals surface area contributed by atoms with Crippen LogP contribution in [0.1, 0.15) is 11.3 Å². The zero-order chi connectivity index (χ0) is 17.5. The highest BCUT2D eigenvalue weighted by atomic mass is 79.9. The summed E-state index contributed by atoms with van der Waals surface area (Å²) in [5, 5.41) is 2.78. The van der Waals surface area contributed by atoms with Crippen LogP contribution in [0.5, 0.6) is 17.2 Å². The lowest BCUT2D eigenvalue weighted by Crippen LogP contribution is -2.21. The number of amides is 1. The minimum absolute atomic E-state index is 0.251. The Bertz CT molecular complexity index is 713. The number of benzene rings is 1. The average Bonchev–Trinajstić information content (AvgIpc) is 3.02. The van der Waals surface area contributed by atoms with Crippen molar-refractivity contribution < 1.29 is 23.4 Å². The summed E-state index contributed by atoms with van der Waals surface area (Å²) in [6.07, 6.45) is 2.98. The number of methoxy groups -OCH3 is 3. The van der Waals surface area contributed by atoms with Gasteiger partial charge in [-0.3, -0.25) is 4.79 Å². The van der Waals surface area contributed by atoms with Crippen LogP contribution in [0.25, 0.3) is 6.08 Å². The third-order valence-electron chi connectivity index (χ3n) is 3.25. The van der Waals surface area contributed by atoms with E-state index < -0.39 is 0 Å². The molecule has 0 aliphatic rings. The first-order valence-electron chi connectivity index (χ1n) is 7.07. The summed E-state index contributed by atoms with van der Waals surface area (Å²) in [6, 6.07) is 6.98. The number of rotatable bonds is 7. The first-order chi connectivity index (χ1) is 11.6. The molecule has 1 aromatic heterocycles. The molecule has 24 heavy (non-hydrogen) atoms. The van der Waals surface area contributed by atoms with E-state index in [0.29, 0.717) is 27.7 Å². The summed E-state index contributed by atoms with van der Waals surface area (Å²) in [5.41, 5.74) is 0.725. The number of carbonyl (C=O) groups is 1. The molecular weight excluding hydrogens is 378 g/mol. The van der Waals surface area contributed by atoms with Gasteiger partial charge in [0.15, 0.2) is 4.67 Å². The Labute approximate surface area is 148 Å². The van der Waals surface area contributed by atoms with Crippen molar-refractivity contribution in [2.24, 2.45) is 0 Å². The number of nitrogens with one attached hydrogen (secondary N) is 1. The van der Waals surface area contributed by atoms with Gasteiger partial charge in [-0.15, -0.1) is 0 Å². The Kier molecular flexibility index (Phi) is 6.31. The van der Waals surface area contributed by atoms with E-state index in [1.54, 1.807) is 51.7 Å². The molecule has 1 aromatic carbocycles. The van der Waals surface area contributed by atoms with Crippen LogP contribution in [-0.4, -0.2) is 27.2 Å². The summed E-state index contributed by atoms with van der Waals surface area (Å²) in [7, 11) is 4.66. The standard InChI is InChI=1S/C17H18BrNO5/c1-21-12-8-14(22-2)13(15(9-12)23-3)10-19-17(20)7-5-11-4-6-16(18)24-11/h4-9H,10H2,1-3H3,(H,19,20)/b7-5+. The van der Waals surface area contributed by atoms with Gasteiger partial charge < -0.3 is 23.9 Å². The topological polar surface area (TPSA) is 69.9 Å². The highest BCUT2D eigenvalue weighted by Gasteiger charge is 2.13. The smallest absolute Gasteiger partial charge is 0.244 e. The Balaban J connectivity index is 2.07. The first-order valence-corrected chi connectivity index (χ1v) is 7.86. The number of hydrogen-bond acceptors (Lipinski definition) is 5. The number of furan rings is 1. The van der Waals surface area contributed by atoms with Crippen LogP contribution < -0.4 is 19.5 Å². The zero-order valence-corrected chi connectivity index (χ0v) is 15.2. The van der Waals surface area contributed by atoms with Gasteiger partial charge in [0.2, 0.25) is 5.91 Å². The molecule has 0 saturated heterocycles.